The highest BCUT2D eigenvalue weighted by molar-refractivity contribution is 7.13. The number of hydrogen-bond acceptors (Lipinski definition) is 12. The molecule has 2 aliphatic heterocycles. The van der Waals surface area contributed by atoms with E-state index in [9.17, 15) is 24.3 Å². The van der Waals surface area contributed by atoms with Crippen molar-refractivity contribution in [2.45, 2.75) is 72.2 Å². The zero-order valence-corrected chi connectivity index (χ0v) is 32.9. The van der Waals surface area contributed by atoms with Gasteiger partial charge in [0.25, 0.3) is 0 Å². The van der Waals surface area contributed by atoms with Crippen molar-refractivity contribution in [3.05, 3.63) is 64.9 Å². The molecule has 2 fully saturated rings. The number of aliphatic hydroxyl groups excluding tert-OH is 1. The Morgan fingerprint density at radius 3 is 2.35 bits per heavy atom. The SMILES string of the molecule is CCOC(=O)c1ccc(N2CCN(CCOCC(=O)N[C@H](C(=O)N3C[C@H](O)C[C@H]3C(=O)N[C@@H](C)c3ccc(-c4scnc4C)cc3)C(C)(C)C)CC2)nc1. The summed E-state index contributed by atoms with van der Waals surface area (Å²) in [6.07, 6.45) is 0.777. The first-order chi connectivity index (χ1) is 25.7. The van der Waals surface area contributed by atoms with E-state index in [1.54, 1.807) is 24.3 Å². The molecule has 4 heterocycles. The number of carbonyl (C=O) groups excluding carboxylic acids is 4. The molecule has 1 aromatic carbocycles. The van der Waals surface area contributed by atoms with Gasteiger partial charge in [0.15, 0.2) is 0 Å². The van der Waals surface area contributed by atoms with E-state index in [-0.39, 0.29) is 37.5 Å². The summed E-state index contributed by atoms with van der Waals surface area (Å²) in [6, 6.07) is 9.33. The number of aromatic nitrogens is 2. The molecule has 0 unspecified atom stereocenters. The third-order valence-corrected chi connectivity index (χ3v) is 10.8. The van der Waals surface area contributed by atoms with Crippen molar-refractivity contribution in [1.29, 1.82) is 0 Å². The standard InChI is InChI=1S/C39H53N7O7S/c1-7-53-38(51)29-12-13-32(40-21-29)45-16-14-44(15-17-45)18-19-52-23-33(48)43-35(39(4,5)6)37(50)46-22-30(47)20-31(46)36(49)42-25(2)27-8-10-28(11-9-27)34-26(3)41-24-54-34/h8-13,21,24-25,30-31,35,47H,7,14-20,22-23H2,1-6H3,(H,42,49)(H,43,48)/t25-,30+,31-,35+/m0/s1. The van der Waals surface area contributed by atoms with E-state index in [1.807, 2.05) is 70.5 Å². The average Bonchev–Trinajstić information content (AvgIpc) is 3.77. The monoisotopic (exact) mass is 763 g/mol. The lowest BCUT2D eigenvalue weighted by atomic mass is 9.85. The highest BCUT2D eigenvalue weighted by Gasteiger charge is 2.44. The molecule has 0 aliphatic carbocycles. The minimum atomic E-state index is -0.942. The molecular formula is C39H53N7O7S. The Labute approximate surface area is 321 Å². The van der Waals surface area contributed by atoms with Crippen LogP contribution in [0.5, 0.6) is 0 Å². The molecule has 0 radical (unpaired) electrons. The van der Waals surface area contributed by atoms with Crippen molar-refractivity contribution < 1.29 is 33.8 Å². The van der Waals surface area contributed by atoms with E-state index in [1.165, 1.54) is 11.1 Å². The number of aliphatic hydroxyl groups is 1. The Hall–Kier alpha value is -4.44. The van der Waals surface area contributed by atoms with Crippen LogP contribution in [0.4, 0.5) is 5.82 Å². The lowest BCUT2D eigenvalue weighted by Gasteiger charge is -2.36. The predicted molar refractivity (Wildman–Crippen MR) is 206 cm³/mol. The maximum Gasteiger partial charge on any atom is 0.339 e. The van der Waals surface area contributed by atoms with E-state index < -0.39 is 35.4 Å². The van der Waals surface area contributed by atoms with Gasteiger partial charge in [0.05, 0.1) is 47.0 Å². The van der Waals surface area contributed by atoms with Crippen LogP contribution in [0.1, 0.15) is 68.7 Å². The van der Waals surface area contributed by atoms with Crippen molar-refractivity contribution in [2.75, 3.05) is 64.0 Å². The maximum absolute atomic E-state index is 14.0. The second-order valence-corrected chi connectivity index (χ2v) is 15.7. The number of pyridine rings is 1. The third kappa shape index (κ3) is 10.4. The summed E-state index contributed by atoms with van der Waals surface area (Å²) in [5.74, 6) is -0.805. The van der Waals surface area contributed by atoms with Gasteiger partial charge in [-0.15, -0.1) is 11.3 Å². The number of benzene rings is 1. The minimum Gasteiger partial charge on any atom is -0.462 e. The van der Waals surface area contributed by atoms with Crippen molar-refractivity contribution in [3.8, 4) is 10.4 Å². The van der Waals surface area contributed by atoms with Crippen LogP contribution in [0.15, 0.2) is 48.1 Å². The van der Waals surface area contributed by atoms with Gasteiger partial charge in [-0.3, -0.25) is 19.3 Å². The second-order valence-electron chi connectivity index (χ2n) is 14.9. The van der Waals surface area contributed by atoms with Crippen LogP contribution in [0.25, 0.3) is 10.4 Å². The Kier molecular flexibility index (Phi) is 13.8. The molecule has 54 heavy (non-hydrogen) atoms. The van der Waals surface area contributed by atoms with Crippen molar-refractivity contribution in [3.63, 3.8) is 0 Å². The van der Waals surface area contributed by atoms with E-state index in [0.29, 0.717) is 25.3 Å². The van der Waals surface area contributed by atoms with Gasteiger partial charge >= 0.3 is 5.97 Å². The maximum atomic E-state index is 14.0. The molecule has 2 aromatic heterocycles. The fraction of sp³-hybridized carbons (Fsp3) is 0.538. The fourth-order valence-electron chi connectivity index (χ4n) is 6.69. The lowest BCUT2D eigenvalue weighted by molar-refractivity contribution is -0.144. The predicted octanol–water partition coefficient (Wildman–Crippen LogP) is 3.20. The van der Waals surface area contributed by atoms with Crippen molar-refractivity contribution in [2.24, 2.45) is 5.41 Å². The molecule has 3 aromatic rings. The summed E-state index contributed by atoms with van der Waals surface area (Å²) in [6.45, 7) is 15.3. The van der Waals surface area contributed by atoms with Gasteiger partial charge in [0.2, 0.25) is 17.7 Å². The number of amides is 3. The Balaban J connectivity index is 1.08. The van der Waals surface area contributed by atoms with Crippen LogP contribution in [0.2, 0.25) is 0 Å². The summed E-state index contributed by atoms with van der Waals surface area (Å²) < 4.78 is 10.8. The van der Waals surface area contributed by atoms with Crippen LogP contribution < -0.4 is 15.5 Å². The quantitative estimate of drug-likeness (QED) is 0.163. The van der Waals surface area contributed by atoms with Gasteiger partial charge in [0.1, 0.15) is 24.5 Å². The molecule has 4 atom stereocenters. The number of nitrogens with one attached hydrogen (secondary N) is 2. The number of ether oxygens (including phenoxy) is 2. The molecule has 0 saturated carbocycles. The number of likely N-dealkylation sites (tertiary alicyclic amines) is 1. The second kappa shape index (κ2) is 18.3. The summed E-state index contributed by atoms with van der Waals surface area (Å²) >= 11 is 1.58. The number of anilines is 1. The van der Waals surface area contributed by atoms with Crippen LogP contribution in [0, 0.1) is 12.3 Å². The highest BCUT2D eigenvalue weighted by Crippen LogP contribution is 2.29. The number of esters is 1. The number of hydrogen-bond donors (Lipinski definition) is 3. The van der Waals surface area contributed by atoms with Crippen LogP contribution in [-0.4, -0.2) is 126 Å². The smallest absolute Gasteiger partial charge is 0.339 e. The van der Waals surface area contributed by atoms with Gasteiger partial charge in [-0.2, -0.15) is 0 Å². The minimum absolute atomic E-state index is 0.00459. The molecule has 2 saturated heterocycles. The van der Waals surface area contributed by atoms with Gasteiger partial charge < -0.3 is 35.0 Å². The van der Waals surface area contributed by atoms with E-state index >= 15 is 0 Å². The van der Waals surface area contributed by atoms with Gasteiger partial charge in [-0.25, -0.2) is 14.8 Å². The normalized spacial score (nSPS) is 18.9. The summed E-state index contributed by atoms with van der Waals surface area (Å²) in [4.78, 5) is 68.2. The summed E-state index contributed by atoms with van der Waals surface area (Å²) in [7, 11) is 0. The first-order valence-electron chi connectivity index (χ1n) is 18.5. The third-order valence-electron chi connectivity index (χ3n) is 9.80. The summed E-state index contributed by atoms with van der Waals surface area (Å²) in [5.41, 5.74) is 4.49. The zero-order valence-electron chi connectivity index (χ0n) is 32.0. The molecule has 0 bridgehead atoms. The number of piperazine rings is 1. The number of carbonyl (C=O) groups is 4. The van der Waals surface area contributed by atoms with E-state index in [2.05, 4.69) is 30.4 Å². The number of rotatable bonds is 14. The van der Waals surface area contributed by atoms with Crippen molar-refractivity contribution in [1.82, 2.24) is 30.4 Å². The molecule has 0 spiro atoms. The molecule has 2 aliphatic rings. The molecule has 3 amide bonds. The number of nitrogens with zero attached hydrogens (tertiary/aromatic N) is 5. The van der Waals surface area contributed by atoms with E-state index in [4.69, 9.17) is 9.47 Å². The Morgan fingerprint density at radius 2 is 1.74 bits per heavy atom. The van der Waals surface area contributed by atoms with Crippen LogP contribution in [-0.2, 0) is 23.9 Å². The molecular weight excluding hydrogens is 711 g/mol. The molecule has 292 valence electrons. The largest absolute Gasteiger partial charge is 0.462 e. The van der Waals surface area contributed by atoms with Gasteiger partial charge in [-0.05, 0) is 49.4 Å². The average molecular weight is 764 g/mol. The Morgan fingerprint density at radius 1 is 1.02 bits per heavy atom. The van der Waals surface area contributed by atoms with Crippen LogP contribution in [0.3, 0.4) is 0 Å². The molecule has 15 heteroatoms. The van der Waals surface area contributed by atoms with Gasteiger partial charge in [0, 0.05) is 51.9 Å². The number of thiazole rings is 1. The lowest BCUT2D eigenvalue weighted by Crippen LogP contribution is -2.58. The van der Waals surface area contributed by atoms with E-state index in [0.717, 1.165) is 53.7 Å². The zero-order chi connectivity index (χ0) is 39.0. The first kappa shape index (κ1) is 40.7. The Bertz CT molecular complexity index is 1740. The fourth-order valence-corrected chi connectivity index (χ4v) is 7.50. The number of β-amino-alcohol motifs (C(OH)–C–C–N with tert-alkyl or cyclic N) is 1. The van der Waals surface area contributed by atoms with Crippen LogP contribution >= 0.6 is 11.3 Å². The van der Waals surface area contributed by atoms with Crippen molar-refractivity contribution >= 4 is 40.8 Å². The summed E-state index contributed by atoms with van der Waals surface area (Å²) in [5, 5.41) is 16.5. The van der Waals surface area contributed by atoms with Gasteiger partial charge in [-0.1, -0.05) is 45.0 Å². The highest BCUT2D eigenvalue weighted by atomic mass is 32.1. The topological polar surface area (TPSA) is 167 Å². The molecule has 5 rings (SSSR count). The first-order valence-corrected chi connectivity index (χ1v) is 19.4. The molecule has 3 N–H and O–H groups in total. The number of aryl methyl sites for hydroxylation is 1. The molecule has 14 nitrogen and oxygen atoms in total.